The lowest BCUT2D eigenvalue weighted by Gasteiger charge is -2.29. The molecule has 1 heterocycles. The van der Waals surface area contributed by atoms with Gasteiger partial charge in [-0.3, -0.25) is 5.43 Å². The van der Waals surface area contributed by atoms with Crippen LogP contribution in [0, 0.1) is 0 Å². The molecule has 0 radical (unpaired) electrons. The Hall–Kier alpha value is -2.09. The van der Waals surface area contributed by atoms with Gasteiger partial charge in [0, 0.05) is 12.6 Å². The number of hydrogen-bond acceptors (Lipinski definition) is 2. The summed E-state index contributed by atoms with van der Waals surface area (Å²) in [5.74, 6) is 0. The molecule has 0 aromatic heterocycles. The molecule has 1 aliphatic rings. The molecule has 1 aliphatic heterocycles. The number of hydrazone groups is 1. The third-order valence-corrected chi connectivity index (χ3v) is 3.28. The van der Waals surface area contributed by atoms with Gasteiger partial charge >= 0.3 is 0 Å². The number of rotatable bonds is 2. The van der Waals surface area contributed by atoms with Crippen LogP contribution in [0.25, 0.3) is 0 Å². The minimum Gasteiger partial charge on any atom is -0.295 e. The smallest absolute Gasteiger partial charge is 0.110 e. The summed E-state index contributed by atoms with van der Waals surface area (Å²) in [4.78, 5) is 0. The molecule has 0 aliphatic carbocycles. The van der Waals surface area contributed by atoms with E-state index in [2.05, 4.69) is 59.1 Å². The first-order chi connectivity index (χ1) is 8.42. The van der Waals surface area contributed by atoms with E-state index in [-0.39, 0.29) is 5.54 Å². The Kier molecular flexibility index (Phi) is 2.41. The van der Waals surface area contributed by atoms with Crippen LogP contribution in [0.2, 0.25) is 0 Å². The van der Waals surface area contributed by atoms with E-state index in [1.807, 2.05) is 18.3 Å². The Morgan fingerprint density at radius 3 is 1.76 bits per heavy atom. The van der Waals surface area contributed by atoms with Gasteiger partial charge in [0.25, 0.3) is 0 Å². The van der Waals surface area contributed by atoms with Crippen LogP contribution in [0.4, 0.5) is 0 Å². The summed E-state index contributed by atoms with van der Waals surface area (Å²) in [5.41, 5.74) is 5.59. The number of nitrogens with zero attached hydrogens (tertiary/aromatic N) is 1. The van der Waals surface area contributed by atoms with Gasteiger partial charge in [0.05, 0.1) is 0 Å². The fraction of sp³-hybridized carbons (Fsp3) is 0.133. The van der Waals surface area contributed by atoms with Crippen LogP contribution >= 0.6 is 0 Å². The summed E-state index contributed by atoms with van der Waals surface area (Å²) in [6.45, 7) is 0. The highest BCUT2D eigenvalue weighted by atomic mass is 15.3. The van der Waals surface area contributed by atoms with E-state index in [1.54, 1.807) is 0 Å². The molecule has 2 heteroatoms. The molecular weight excluding hydrogens is 208 g/mol. The molecule has 0 atom stereocenters. The third-order valence-electron chi connectivity index (χ3n) is 3.28. The zero-order valence-corrected chi connectivity index (χ0v) is 9.51. The summed E-state index contributed by atoms with van der Waals surface area (Å²) < 4.78 is 0. The van der Waals surface area contributed by atoms with Crippen LogP contribution in [0.5, 0.6) is 0 Å². The van der Waals surface area contributed by atoms with Crippen molar-refractivity contribution in [1.82, 2.24) is 5.43 Å². The Morgan fingerprint density at radius 1 is 0.824 bits per heavy atom. The zero-order valence-electron chi connectivity index (χ0n) is 9.51. The molecule has 0 unspecified atom stereocenters. The van der Waals surface area contributed by atoms with Crippen molar-refractivity contribution >= 4 is 6.21 Å². The molecule has 17 heavy (non-hydrogen) atoms. The van der Waals surface area contributed by atoms with Gasteiger partial charge in [0.15, 0.2) is 0 Å². The van der Waals surface area contributed by atoms with Gasteiger partial charge in [-0.15, -0.1) is 0 Å². The van der Waals surface area contributed by atoms with Crippen molar-refractivity contribution in [2.45, 2.75) is 12.0 Å². The minimum absolute atomic E-state index is 0.192. The average Bonchev–Trinajstić information content (AvgIpc) is 2.91. The van der Waals surface area contributed by atoms with E-state index in [4.69, 9.17) is 0 Å². The predicted molar refractivity (Wildman–Crippen MR) is 69.9 cm³/mol. The standard InChI is InChI=1S/C15H14N2/c1-3-7-13(8-4-1)15(11-12-16-17-15)14-9-5-2-6-10-14/h1-10,12,17H,11H2. The highest BCUT2D eigenvalue weighted by Crippen LogP contribution is 2.34. The maximum absolute atomic E-state index is 4.21. The quantitative estimate of drug-likeness (QED) is 0.830. The molecule has 0 fully saturated rings. The van der Waals surface area contributed by atoms with Crippen LogP contribution in [0.1, 0.15) is 17.5 Å². The van der Waals surface area contributed by atoms with Crippen LogP contribution < -0.4 is 5.43 Å². The van der Waals surface area contributed by atoms with Crippen molar-refractivity contribution in [2.75, 3.05) is 0 Å². The normalized spacial score (nSPS) is 16.7. The van der Waals surface area contributed by atoms with Gasteiger partial charge in [-0.1, -0.05) is 60.7 Å². The highest BCUT2D eigenvalue weighted by Gasteiger charge is 2.35. The molecule has 2 nitrogen and oxygen atoms in total. The van der Waals surface area contributed by atoms with Gasteiger partial charge in [-0.2, -0.15) is 5.10 Å². The molecule has 2 aromatic carbocycles. The summed E-state index contributed by atoms with van der Waals surface area (Å²) >= 11 is 0. The summed E-state index contributed by atoms with van der Waals surface area (Å²) in [6.07, 6.45) is 2.83. The van der Waals surface area contributed by atoms with Crippen LogP contribution in [-0.4, -0.2) is 6.21 Å². The molecular formula is C15H14N2. The molecule has 3 rings (SSSR count). The second kappa shape index (κ2) is 4.06. The minimum atomic E-state index is -0.192. The lowest BCUT2D eigenvalue weighted by Crippen LogP contribution is -2.36. The molecule has 2 aromatic rings. The van der Waals surface area contributed by atoms with Gasteiger partial charge in [0.1, 0.15) is 5.54 Å². The second-order valence-electron chi connectivity index (χ2n) is 4.26. The van der Waals surface area contributed by atoms with E-state index < -0.39 is 0 Å². The van der Waals surface area contributed by atoms with Gasteiger partial charge in [-0.05, 0) is 11.1 Å². The monoisotopic (exact) mass is 222 g/mol. The van der Waals surface area contributed by atoms with Gasteiger partial charge in [0.2, 0.25) is 0 Å². The van der Waals surface area contributed by atoms with E-state index in [1.165, 1.54) is 11.1 Å². The second-order valence-corrected chi connectivity index (χ2v) is 4.26. The Balaban J connectivity index is 2.12. The van der Waals surface area contributed by atoms with Crippen molar-refractivity contribution < 1.29 is 0 Å². The highest BCUT2D eigenvalue weighted by molar-refractivity contribution is 5.65. The Labute approximate surface area is 101 Å². The summed E-state index contributed by atoms with van der Waals surface area (Å²) in [7, 11) is 0. The summed E-state index contributed by atoms with van der Waals surface area (Å²) in [6, 6.07) is 20.9. The molecule has 0 bridgehead atoms. The molecule has 84 valence electrons. The van der Waals surface area contributed by atoms with E-state index in [0.717, 1.165) is 6.42 Å². The molecule has 0 saturated heterocycles. The summed E-state index contributed by atoms with van der Waals surface area (Å²) in [5, 5.41) is 4.21. The maximum Gasteiger partial charge on any atom is 0.110 e. The van der Waals surface area contributed by atoms with Crippen LogP contribution in [0.3, 0.4) is 0 Å². The SMILES string of the molecule is C1=NNC(c2ccccc2)(c2ccccc2)C1. The van der Waals surface area contributed by atoms with Gasteiger partial charge < -0.3 is 0 Å². The molecule has 1 N–H and O–H groups in total. The first-order valence-corrected chi connectivity index (χ1v) is 5.81. The number of benzene rings is 2. The maximum atomic E-state index is 4.21. The number of hydrogen-bond donors (Lipinski definition) is 1. The van der Waals surface area contributed by atoms with Crippen molar-refractivity contribution in [1.29, 1.82) is 0 Å². The topological polar surface area (TPSA) is 24.4 Å². The van der Waals surface area contributed by atoms with Crippen molar-refractivity contribution in [3.05, 3.63) is 71.8 Å². The van der Waals surface area contributed by atoms with E-state index in [0.29, 0.717) is 0 Å². The van der Waals surface area contributed by atoms with Crippen molar-refractivity contribution in [3.63, 3.8) is 0 Å². The van der Waals surface area contributed by atoms with Crippen molar-refractivity contribution in [3.8, 4) is 0 Å². The van der Waals surface area contributed by atoms with Crippen molar-refractivity contribution in [2.24, 2.45) is 5.10 Å². The predicted octanol–water partition coefficient (Wildman–Crippen LogP) is 2.91. The Morgan fingerprint density at radius 2 is 1.35 bits per heavy atom. The fourth-order valence-corrected chi connectivity index (χ4v) is 2.36. The van der Waals surface area contributed by atoms with Crippen LogP contribution in [0.15, 0.2) is 65.8 Å². The molecule has 0 saturated carbocycles. The van der Waals surface area contributed by atoms with E-state index >= 15 is 0 Å². The zero-order chi connectivity index (χ0) is 11.6. The molecule has 0 spiro atoms. The number of nitrogens with one attached hydrogen (secondary N) is 1. The van der Waals surface area contributed by atoms with E-state index in [9.17, 15) is 0 Å². The third kappa shape index (κ3) is 1.62. The lowest BCUT2D eigenvalue weighted by atomic mass is 9.82. The molecule has 0 amide bonds. The Bertz CT molecular complexity index is 468. The first-order valence-electron chi connectivity index (χ1n) is 5.81. The van der Waals surface area contributed by atoms with Crippen LogP contribution in [-0.2, 0) is 5.54 Å². The first kappa shape index (κ1) is 10.1. The van der Waals surface area contributed by atoms with Gasteiger partial charge in [-0.25, -0.2) is 0 Å². The average molecular weight is 222 g/mol. The lowest BCUT2D eigenvalue weighted by molar-refractivity contribution is 0.461. The fourth-order valence-electron chi connectivity index (χ4n) is 2.36. The largest absolute Gasteiger partial charge is 0.295 e.